The van der Waals surface area contributed by atoms with Gasteiger partial charge < -0.3 is 5.73 Å². The zero-order chi connectivity index (χ0) is 13.1. The molecule has 18 heavy (non-hydrogen) atoms. The zero-order valence-electron chi connectivity index (χ0n) is 9.98. The molecule has 0 aliphatic carbocycles. The number of hydrogen-bond donors (Lipinski definition) is 1. The quantitative estimate of drug-likeness (QED) is 0.913. The molecule has 0 spiro atoms. The van der Waals surface area contributed by atoms with Crippen molar-refractivity contribution in [2.24, 2.45) is 5.73 Å². The molecular formula is C14H14BrClN2. The summed E-state index contributed by atoms with van der Waals surface area (Å²) in [6, 6.07) is 9.60. The van der Waals surface area contributed by atoms with Crippen LogP contribution in [0.15, 0.2) is 47.2 Å². The van der Waals surface area contributed by atoms with Crippen molar-refractivity contribution in [2.75, 3.05) is 0 Å². The van der Waals surface area contributed by atoms with E-state index in [1.807, 2.05) is 30.3 Å². The zero-order valence-corrected chi connectivity index (χ0v) is 12.3. The number of nitrogens with two attached hydrogens (primary N) is 1. The molecule has 1 heterocycles. The second-order valence-corrected chi connectivity index (χ2v) is 5.55. The molecule has 2 rings (SSSR count). The van der Waals surface area contributed by atoms with Crippen LogP contribution in [0.5, 0.6) is 0 Å². The van der Waals surface area contributed by atoms with E-state index in [2.05, 4.69) is 27.8 Å². The predicted octanol–water partition coefficient (Wildman–Crippen LogP) is 4.30. The Morgan fingerprint density at radius 3 is 2.50 bits per heavy atom. The molecule has 0 saturated carbocycles. The molecule has 0 amide bonds. The largest absolute Gasteiger partial charge is 0.323 e. The molecule has 0 fully saturated rings. The maximum absolute atomic E-state index is 6.33. The van der Waals surface area contributed by atoms with Crippen LogP contribution in [0.1, 0.15) is 30.0 Å². The fraction of sp³-hybridized carbons (Fsp3) is 0.214. The van der Waals surface area contributed by atoms with Gasteiger partial charge in [0.25, 0.3) is 0 Å². The van der Waals surface area contributed by atoms with Crippen LogP contribution >= 0.6 is 27.5 Å². The van der Waals surface area contributed by atoms with Gasteiger partial charge in [-0.15, -0.1) is 0 Å². The van der Waals surface area contributed by atoms with Crippen molar-refractivity contribution in [3.63, 3.8) is 0 Å². The second kappa shape index (κ2) is 5.83. The van der Waals surface area contributed by atoms with Crippen LogP contribution in [0.2, 0.25) is 5.02 Å². The Morgan fingerprint density at radius 2 is 1.89 bits per heavy atom. The number of halogens is 2. The molecule has 1 aromatic heterocycles. The summed E-state index contributed by atoms with van der Waals surface area (Å²) in [7, 11) is 0. The first-order chi connectivity index (χ1) is 8.59. The second-order valence-electron chi connectivity index (χ2n) is 4.26. The van der Waals surface area contributed by atoms with E-state index < -0.39 is 0 Å². The summed E-state index contributed by atoms with van der Waals surface area (Å²) in [6.45, 7) is 2.11. The highest BCUT2D eigenvalue weighted by Gasteiger charge is 2.18. The number of nitrogens with zero attached hydrogens (tertiary/aromatic N) is 1. The third-order valence-electron chi connectivity index (χ3n) is 3.09. The summed E-state index contributed by atoms with van der Waals surface area (Å²) >= 11 is 9.45. The Labute approximate surface area is 120 Å². The van der Waals surface area contributed by atoms with Gasteiger partial charge in [0.1, 0.15) is 0 Å². The third kappa shape index (κ3) is 2.91. The van der Waals surface area contributed by atoms with Crippen LogP contribution in [0.3, 0.4) is 0 Å². The lowest BCUT2D eigenvalue weighted by Crippen LogP contribution is -2.18. The number of hydrogen-bond acceptors (Lipinski definition) is 2. The number of benzene rings is 1. The van der Waals surface area contributed by atoms with Crippen LogP contribution in [0, 0.1) is 0 Å². The SMILES string of the molecule is CC(c1ccncc1)C(N)c1ccc(Cl)cc1Br. The van der Waals surface area contributed by atoms with Gasteiger partial charge in [-0.1, -0.05) is 40.5 Å². The predicted molar refractivity (Wildman–Crippen MR) is 78.7 cm³/mol. The standard InChI is InChI=1S/C14H14BrClN2/c1-9(10-4-6-18-7-5-10)14(17)12-3-2-11(16)8-13(12)15/h2-9,14H,17H2,1H3. The molecule has 0 aliphatic heterocycles. The van der Waals surface area contributed by atoms with Crippen LogP contribution < -0.4 is 5.73 Å². The molecule has 4 heteroatoms. The van der Waals surface area contributed by atoms with Crippen molar-refractivity contribution < 1.29 is 0 Å². The lowest BCUT2D eigenvalue weighted by Gasteiger charge is -2.21. The summed E-state index contributed by atoms with van der Waals surface area (Å²) in [4.78, 5) is 4.02. The Hall–Kier alpha value is -0.900. The van der Waals surface area contributed by atoms with Crippen molar-refractivity contribution in [1.82, 2.24) is 4.98 Å². The lowest BCUT2D eigenvalue weighted by molar-refractivity contribution is 0.595. The van der Waals surface area contributed by atoms with Crippen molar-refractivity contribution in [3.8, 4) is 0 Å². The first-order valence-corrected chi connectivity index (χ1v) is 6.87. The van der Waals surface area contributed by atoms with Crippen molar-refractivity contribution in [2.45, 2.75) is 18.9 Å². The Bertz CT molecular complexity index is 531. The molecule has 2 nitrogen and oxygen atoms in total. The highest BCUT2D eigenvalue weighted by atomic mass is 79.9. The molecule has 94 valence electrons. The Kier molecular flexibility index (Phi) is 4.38. The summed E-state index contributed by atoms with van der Waals surface area (Å²) in [5.74, 6) is 0.213. The monoisotopic (exact) mass is 324 g/mol. The van der Waals surface area contributed by atoms with Gasteiger partial charge >= 0.3 is 0 Å². The fourth-order valence-corrected chi connectivity index (χ4v) is 2.86. The minimum atomic E-state index is -0.0842. The maximum atomic E-state index is 6.33. The van der Waals surface area contributed by atoms with Gasteiger partial charge in [0.2, 0.25) is 0 Å². The minimum absolute atomic E-state index is 0.0842. The summed E-state index contributed by atoms with van der Waals surface area (Å²) in [5, 5.41) is 0.703. The van der Waals surface area contributed by atoms with E-state index in [0.29, 0.717) is 5.02 Å². The molecule has 0 radical (unpaired) electrons. The maximum Gasteiger partial charge on any atom is 0.0417 e. The van der Waals surface area contributed by atoms with Crippen LogP contribution in [-0.2, 0) is 0 Å². The lowest BCUT2D eigenvalue weighted by atomic mass is 9.90. The highest BCUT2D eigenvalue weighted by molar-refractivity contribution is 9.10. The molecule has 0 saturated heterocycles. The first-order valence-electron chi connectivity index (χ1n) is 5.70. The summed E-state index contributed by atoms with van der Waals surface area (Å²) < 4.78 is 0.948. The molecule has 2 atom stereocenters. The van der Waals surface area contributed by atoms with Gasteiger partial charge in [-0.2, -0.15) is 0 Å². The van der Waals surface area contributed by atoms with Crippen LogP contribution in [0.4, 0.5) is 0 Å². The molecule has 2 unspecified atom stereocenters. The Morgan fingerprint density at radius 1 is 1.22 bits per heavy atom. The normalized spacial score (nSPS) is 14.2. The average Bonchev–Trinajstić information content (AvgIpc) is 2.38. The van der Waals surface area contributed by atoms with Gasteiger partial charge in [-0.05, 0) is 35.4 Å². The third-order valence-corrected chi connectivity index (χ3v) is 4.01. The van der Waals surface area contributed by atoms with E-state index in [9.17, 15) is 0 Å². The summed E-state index contributed by atoms with van der Waals surface area (Å²) in [5.41, 5.74) is 8.57. The van der Waals surface area contributed by atoms with E-state index >= 15 is 0 Å². The fourth-order valence-electron chi connectivity index (χ4n) is 1.92. The van der Waals surface area contributed by atoms with E-state index in [0.717, 1.165) is 10.0 Å². The molecule has 1 aromatic carbocycles. The van der Waals surface area contributed by atoms with Crippen molar-refractivity contribution >= 4 is 27.5 Å². The first kappa shape index (κ1) is 13.5. The molecule has 0 bridgehead atoms. The highest BCUT2D eigenvalue weighted by Crippen LogP contribution is 2.33. The smallest absolute Gasteiger partial charge is 0.0417 e. The topological polar surface area (TPSA) is 38.9 Å². The van der Waals surface area contributed by atoms with E-state index in [1.54, 1.807) is 12.4 Å². The van der Waals surface area contributed by atoms with Crippen molar-refractivity contribution in [1.29, 1.82) is 0 Å². The van der Waals surface area contributed by atoms with Crippen molar-refractivity contribution in [3.05, 3.63) is 63.3 Å². The van der Waals surface area contributed by atoms with Gasteiger partial charge in [0.15, 0.2) is 0 Å². The molecule has 0 aliphatic rings. The van der Waals surface area contributed by atoms with Gasteiger partial charge in [-0.3, -0.25) is 4.98 Å². The number of rotatable bonds is 3. The minimum Gasteiger partial charge on any atom is -0.323 e. The molecular weight excluding hydrogens is 312 g/mol. The Balaban J connectivity index is 2.28. The molecule has 2 aromatic rings. The van der Waals surface area contributed by atoms with Gasteiger partial charge in [0.05, 0.1) is 0 Å². The number of aromatic nitrogens is 1. The average molecular weight is 326 g/mol. The van der Waals surface area contributed by atoms with E-state index in [1.165, 1.54) is 5.56 Å². The van der Waals surface area contributed by atoms with Gasteiger partial charge in [-0.25, -0.2) is 0 Å². The van der Waals surface area contributed by atoms with E-state index in [4.69, 9.17) is 17.3 Å². The van der Waals surface area contributed by atoms with Crippen LogP contribution in [-0.4, -0.2) is 4.98 Å². The molecule has 2 N–H and O–H groups in total. The number of pyridine rings is 1. The van der Waals surface area contributed by atoms with Crippen LogP contribution in [0.25, 0.3) is 0 Å². The van der Waals surface area contributed by atoms with E-state index in [-0.39, 0.29) is 12.0 Å². The summed E-state index contributed by atoms with van der Waals surface area (Å²) in [6.07, 6.45) is 3.57. The van der Waals surface area contributed by atoms with Gasteiger partial charge in [0, 0.05) is 33.8 Å².